The van der Waals surface area contributed by atoms with E-state index in [0.717, 1.165) is 6.07 Å². The predicted octanol–water partition coefficient (Wildman–Crippen LogP) is 3.79. The monoisotopic (exact) mass is 282 g/mol. The molecule has 0 atom stereocenters. The van der Waals surface area contributed by atoms with Gasteiger partial charge in [0.2, 0.25) is 0 Å². The number of thiol groups is 1. The second kappa shape index (κ2) is 5.78. The summed E-state index contributed by atoms with van der Waals surface area (Å²) in [6.45, 7) is 0. The van der Waals surface area contributed by atoms with Crippen molar-refractivity contribution in [1.82, 2.24) is 0 Å². The van der Waals surface area contributed by atoms with Gasteiger partial charge in [-0.15, -0.1) is 0 Å². The normalized spacial score (nSPS) is 11.6. The highest BCUT2D eigenvalue weighted by atomic mass is 35.5. The number of carbonyl (C=O) groups excluding carboxylic acids is 1. The van der Waals surface area contributed by atoms with Crippen molar-refractivity contribution < 1.29 is 18.0 Å². The zero-order valence-corrected chi connectivity index (χ0v) is 10.4. The SMILES string of the molecule is O=C(CS)CCc1ccc(Cl)c(C(F)(F)F)c1. The molecular formula is C11H10ClF3OS. The Hall–Kier alpha value is -0.680. The van der Waals surface area contributed by atoms with E-state index < -0.39 is 11.7 Å². The first-order chi connectivity index (χ1) is 7.84. The molecule has 0 amide bonds. The largest absolute Gasteiger partial charge is 0.417 e. The van der Waals surface area contributed by atoms with Crippen LogP contribution in [0.3, 0.4) is 0 Å². The first kappa shape index (κ1) is 14.4. The van der Waals surface area contributed by atoms with Crippen molar-refractivity contribution in [3.8, 4) is 0 Å². The highest BCUT2D eigenvalue weighted by Gasteiger charge is 2.33. The van der Waals surface area contributed by atoms with Gasteiger partial charge in [-0.25, -0.2) is 0 Å². The summed E-state index contributed by atoms with van der Waals surface area (Å²) in [5, 5.41) is -0.332. The Bertz CT molecular complexity index is 418. The van der Waals surface area contributed by atoms with Gasteiger partial charge >= 0.3 is 6.18 Å². The Morgan fingerprint density at radius 2 is 2.00 bits per heavy atom. The van der Waals surface area contributed by atoms with Crippen molar-refractivity contribution in [2.75, 3.05) is 5.75 Å². The molecule has 1 rings (SSSR count). The summed E-state index contributed by atoms with van der Waals surface area (Å²) in [6.07, 6.45) is -4.03. The number of benzene rings is 1. The molecule has 94 valence electrons. The van der Waals surface area contributed by atoms with Crippen LogP contribution >= 0.6 is 24.2 Å². The van der Waals surface area contributed by atoms with Gasteiger partial charge in [-0.05, 0) is 24.1 Å². The first-order valence-corrected chi connectivity index (χ1v) is 5.84. The van der Waals surface area contributed by atoms with E-state index in [2.05, 4.69) is 12.6 Å². The second-order valence-corrected chi connectivity index (χ2v) is 4.23. The van der Waals surface area contributed by atoms with E-state index in [1.807, 2.05) is 0 Å². The van der Waals surface area contributed by atoms with E-state index in [1.165, 1.54) is 12.1 Å². The second-order valence-electron chi connectivity index (χ2n) is 3.51. The molecule has 0 aliphatic heterocycles. The number of hydrogen-bond acceptors (Lipinski definition) is 2. The van der Waals surface area contributed by atoms with Gasteiger partial charge < -0.3 is 0 Å². The zero-order chi connectivity index (χ0) is 13.1. The summed E-state index contributed by atoms with van der Waals surface area (Å²) in [5.41, 5.74) is -0.424. The van der Waals surface area contributed by atoms with Crippen molar-refractivity contribution in [3.63, 3.8) is 0 Å². The van der Waals surface area contributed by atoms with Crippen LogP contribution in [-0.2, 0) is 17.4 Å². The lowest BCUT2D eigenvalue weighted by molar-refractivity contribution is -0.137. The predicted molar refractivity (Wildman–Crippen MR) is 63.6 cm³/mol. The van der Waals surface area contributed by atoms with Crippen LogP contribution in [0.5, 0.6) is 0 Å². The fourth-order valence-corrected chi connectivity index (χ4v) is 1.69. The molecule has 0 aromatic heterocycles. The number of hydrogen-bond donors (Lipinski definition) is 1. The molecule has 0 aliphatic rings. The van der Waals surface area contributed by atoms with Crippen molar-refractivity contribution in [3.05, 3.63) is 34.3 Å². The van der Waals surface area contributed by atoms with E-state index in [9.17, 15) is 18.0 Å². The molecule has 6 heteroatoms. The minimum atomic E-state index is -4.47. The molecule has 17 heavy (non-hydrogen) atoms. The Kier molecular flexibility index (Phi) is 4.89. The number of alkyl halides is 3. The summed E-state index contributed by atoms with van der Waals surface area (Å²) in [5.74, 6) is -0.00320. The van der Waals surface area contributed by atoms with Gasteiger partial charge in [0.25, 0.3) is 0 Å². The molecule has 0 spiro atoms. The minimum absolute atomic E-state index is 0.0969. The Morgan fingerprint density at radius 3 is 2.53 bits per heavy atom. The molecular weight excluding hydrogens is 273 g/mol. The number of carbonyl (C=O) groups is 1. The molecule has 0 unspecified atom stereocenters. The smallest absolute Gasteiger partial charge is 0.299 e. The standard InChI is InChI=1S/C11H10ClF3OS/c12-10-4-2-7(1-3-8(16)6-17)5-9(10)11(13,14)15/h2,4-5,17H,1,3,6H2. The van der Waals surface area contributed by atoms with Crippen molar-refractivity contribution in [2.45, 2.75) is 19.0 Å². The Morgan fingerprint density at radius 1 is 1.35 bits per heavy atom. The van der Waals surface area contributed by atoms with Crippen LogP contribution in [0.2, 0.25) is 5.02 Å². The molecule has 0 N–H and O–H groups in total. The summed E-state index contributed by atoms with van der Waals surface area (Å²) in [7, 11) is 0. The van der Waals surface area contributed by atoms with Crippen LogP contribution in [0.15, 0.2) is 18.2 Å². The van der Waals surface area contributed by atoms with Gasteiger partial charge in [-0.2, -0.15) is 25.8 Å². The van der Waals surface area contributed by atoms with Gasteiger partial charge in [-0.1, -0.05) is 17.7 Å². The third kappa shape index (κ3) is 4.24. The minimum Gasteiger partial charge on any atom is -0.299 e. The van der Waals surface area contributed by atoms with E-state index in [0.29, 0.717) is 5.56 Å². The van der Waals surface area contributed by atoms with Crippen molar-refractivity contribution >= 4 is 30.0 Å². The molecule has 0 heterocycles. The van der Waals surface area contributed by atoms with E-state index in [-0.39, 0.29) is 29.4 Å². The van der Waals surface area contributed by atoms with Crippen LogP contribution in [-0.4, -0.2) is 11.5 Å². The van der Waals surface area contributed by atoms with Crippen molar-refractivity contribution in [2.24, 2.45) is 0 Å². The number of ketones is 1. The van der Waals surface area contributed by atoms with Crippen LogP contribution in [0, 0.1) is 0 Å². The maximum Gasteiger partial charge on any atom is 0.417 e. The first-order valence-electron chi connectivity index (χ1n) is 4.82. The maximum absolute atomic E-state index is 12.5. The Labute approximate surface area is 107 Å². The van der Waals surface area contributed by atoms with Gasteiger partial charge in [0.05, 0.1) is 10.6 Å². The van der Waals surface area contributed by atoms with Crippen molar-refractivity contribution in [1.29, 1.82) is 0 Å². The van der Waals surface area contributed by atoms with E-state index in [1.54, 1.807) is 0 Å². The highest BCUT2D eigenvalue weighted by Crippen LogP contribution is 2.35. The average Bonchev–Trinajstić information content (AvgIpc) is 2.26. The molecule has 1 aromatic rings. The molecule has 0 bridgehead atoms. The number of Topliss-reactive ketones (excluding diaryl/α,β-unsaturated/α-hetero) is 1. The molecule has 0 saturated carbocycles. The third-order valence-corrected chi connectivity index (χ3v) is 2.89. The van der Waals surface area contributed by atoms with Gasteiger partial charge in [0.1, 0.15) is 5.78 Å². The lowest BCUT2D eigenvalue weighted by Crippen LogP contribution is -2.07. The quantitative estimate of drug-likeness (QED) is 0.832. The lowest BCUT2D eigenvalue weighted by Gasteiger charge is -2.10. The van der Waals surface area contributed by atoms with Crippen LogP contribution in [0.4, 0.5) is 13.2 Å². The molecule has 0 fully saturated rings. The molecule has 1 aromatic carbocycles. The summed E-state index contributed by atoms with van der Waals surface area (Å²) >= 11 is 9.27. The highest BCUT2D eigenvalue weighted by molar-refractivity contribution is 7.81. The van der Waals surface area contributed by atoms with E-state index in [4.69, 9.17) is 11.6 Å². The summed E-state index contributed by atoms with van der Waals surface area (Å²) in [6, 6.07) is 3.67. The lowest BCUT2D eigenvalue weighted by atomic mass is 10.0. The van der Waals surface area contributed by atoms with Gasteiger partial charge in [0, 0.05) is 12.2 Å². The van der Waals surface area contributed by atoms with Gasteiger partial charge in [0.15, 0.2) is 0 Å². The van der Waals surface area contributed by atoms with E-state index >= 15 is 0 Å². The number of rotatable bonds is 4. The molecule has 0 saturated heterocycles. The zero-order valence-electron chi connectivity index (χ0n) is 8.72. The topological polar surface area (TPSA) is 17.1 Å². The number of aryl methyl sites for hydroxylation is 1. The Balaban J connectivity index is 2.86. The molecule has 0 radical (unpaired) electrons. The third-order valence-electron chi connectivity index (χ3n) is 2.21. The van der Waals surface area contributed by atoms with Gasteiger partial charge in [-0.3, -0.25) is 4.79 Å². The van der Waals surface area contributed by atoms with Crippen LogP contribution in [0.25, 0.3) is 0 Å². The average molecular weight is 283 g/mol. The summed E-state index contributed by atoms with van der Waals surface area (Å²) in [4.78, 5) is 11.0. The number of halogens is 4. The fourth-order valence-electron chi connectivity index (χ4n) is 1.31. The maximum atomic E-state index is 12.5. The fraction of sp³-hybridized carbons (Fsp3) is 0.364. The summed E-state index contributed by atoms with van der Waals surface area (Å²) < 4.78 is 37.6. The van der Waals surface area contributed by atoms with Crippen LogP contribution in [0.1, 0.15) is 17.5 Å². The van der Waals surface area contributed by atoms with Crippen LogP contribution < -0.4 is 0 Å². The molecule has 0 aliphatic carbocycles. The molecule has 1 nitrogen and oxygen atoms in total.